The van der Waals surface area contributed by atoms with Crippen molar-refractivity contribution in [2.75, 3.05) is 23.0 Å². The largest absolute Gasteiger partial charge is 0.179 e. The third kappa shape index (κ3) is 16.4. The minimum absolute atomic E-state index is 0.358. The lowest BCUT2D eigenvalue weighted by atomic mass is 10.6. The zero-order chi connectivity index (χ0) is 8.41. The maximum Gasteiger partial charge on any atom is 0.0193 e. The van der Waals surface area contributed by atoms with E-state index in [0.717, 1.165) is 23.0 Å². The lowest BCUT2D eigenvalue weighted by Crippen LogP contribution is -2.00. The van der Waals surface area contributed by atoms with Crippen LogP contribution in [0.5, 0.6) is 0 Å². The van der Waals surface area contributed by atoms with Crippen molar-refractivity contribution in [1.29, 1.82) is 0 Å². The predicted molar refractivity (Wildman–Crippen MR) is 68.2 cm³/mol. The molecule has 0 unspecified atom stereocenters. The summed E-state index contributed by atoms with van der Waals surface area (Å²) in [6.07, 6.45) is 0. The average Bonchev–Trinajstić information content (AvgIpc) is 2.03. The molecule has 0 aliphatic heterocycles. The second-order valence-electron chi connectivity index (χ2n) is 1.47. The van der Waals surface area contributed by atoms with Gasteiger partial charge in [0.2, 0.25) is 0 Å². The van der Waals surface area contributed by atoms with Crippen LogP contribution in [0.3, 0.4) is 0 Å². The Balaban J connectivity index is 0. The Morgan fingerprint density at radius 3 is 1.10 bits per heavy atom. The molecule has 0 radical (unpaired) electrons. The molecular formula is C5H14S5. The van der Waals surface area contributed by atoms with Gasteiger partial charge in [-0.1, -0.05) is 0 Å². The average molecular weight is 235 g/mol. The summed E-state index contributed by atoms with van der Waals surface area (Å²) in [6.45, 7) is 0. The number of thiol groups is 5. The standard InChI is InChI=1S/C3H8S3.C2H6S2/c4-1-3(6)2-5;3-1-2-4/h3-6H,1-2H2;3-4H,1-2H2. The van der Waals surface area contributed by atoms with Crippen molar-refractivity contribution >= 4 is 63.1 Å². The van der Waals surface area contributed by atoms with Crippen molar-refractivity contribution in [3.63, 3.8) is 0 Å². The van der Waals surface area contributed by atoms with Crippen LogP contribution in [0.2, 0.25) is 0 Å². The SMILES string of the molecule is SCC(S)CS.SCCS. The van der Waals surface area contributed by atoms with Gasteiger partial charge in [0, 0.05) is 16.8 Å². The fraction of sp³-hybridized carbons (Fsp3) is 1.00. The zero-order valence-electron chi connectivity index (χ0n) is 5.64. The van der Waals surface area contributed by atoms with Crippen LogP contribution >= 0.6 is 63.1 Å². The van der Waals surface area contributed by atoms with Gasteiger partial charge in [-0.25, -0.2) is 0 Å². The van der Waals surface area contributed by atoms with E-state index >= 15 is 0 Å². The molecule has 0 amide bonds. The van der Waals surface area contributed by atoms with E-state index in [1.54, 1.807) is 0 Å². The molecule has 64 valence electrons. The van der Waals surface area contributed by atoms with Gasteiger partial charge in [0.15, 0.2) is 0 Å². The Hall–Kier alpha value is 1.75. The Morgan fingerprint density at radius 2 is 1.10 bits per heavy atom. The summed E-state index contributed by atoms with van der Waals surface area (Å²) in [5.41, 5.74) is 0. The molecule has 0 fully saturated rings. The molecule has 0 nitrogen and oxygen atoms in total. The van der Waals surface area contributed by atoms with Gasteiger partial charge in [-0.3, -0.25) is 0 Å². The molecule has 0 N–H and O–H groups in total. The van der Waals surface area contributed by atoms with Gasteiger partial charge >= 0.3 is 0 Å². The van der Waals surface area contributed by atoms with Gasteiger partial charge in [0.05, 0.1) is 0 Å². The van der Waals surface area contributed by atoms with E-state index < -0.39 is 0 Å². The van der Waals surface area contributed by atoms with E-state index in [2.05, 4.69) is 63.1 Å². The molecule has 0 aromatic rings. The summed E-state index contributed by atoms with van der Waals surface area (Å²) in [6, 6.07) is 0. The third-order valence-corrected chi connectivity index (χ3v) is 3.14. The van der Waals surface area contributed by atoms with E-state index in [0.29, 0.717) is 5.25 Å². The Morgan fingerprint density at radius 1 is 0.800 bits per heavy atom. The maximum absolute atomic E-state index is 4.08. The number of rotatable bonds is 3. The Labute approximate surface area is 91.0 Å². The molecule has 0 atom stereocenters. The molecule has 5 heteroatoms. The van der Waals surface area contributed by atoms with Crippen LogP contribution in [0.1, 0.15) is 0 Å². The lowest BCUT2D eigenvalue weighted by molar-refractivity contribution is 1.17. The van der Waals surface area contributed by atoms with Gasteiger partial charge in [0.25, 0.3) is 0 Å². The molecule has 0 aromatic carbocycles. The monoisotopic (exact) mass is 234 g/mol. The highest BCUT2D eigenvalue weighted by molar-refractivity contribution is 7.86. The zero-order valence-corrected chi connectivity index (χ0v) is 10.1. The van der Waals surface area contributed by atoms with Gasteiger partial charge in [0.1, 0.15) is 0 Å². The molecular weight excluding hydrogens is 220 g/mol. The Bertz CT molecular complexity index is 43.3. The molecule has 10 heavy (non-hydrogen) atoms. The van der Waals surface area contributed by atoms with E-state index in [9.17, 15) is 0 Å². The Kier molecular flexibility index (Phi) is 19.1. The van der Waals surface area contributed by atoms with Gasteiger partial charge < -0.3 is 0 Å². The van der Waals surface area contributed by atoms with Gasteiger partial charge in [-0.2, -0.15) is 63.1 Å². The lowest BCUT2D eigenvalue weighted by Gasteiger charge is -1.96. The summed E-state index contributed by atoms with van der Waals surface area (Å²) in [4.78, 5) is 0. The molecule has 0 bridgehead atoms. The van der Waals surface area contributed by atoms with Crippen LogP contribution in [0.25, 0.3) is 0 Å². The van der Waals surface area contributed by atoms with Crippen molar-refractivity contribution in [1.82, 2.24) is 0 Å². The van der Waals surface area contributed by atoms with Crippen LogP contribution in [0.15, 0.2) is 0 Å². The van der Waals surface area contributed by atoms with E-state index in [-0.39, 0.29) is 0 Å². The van der Waals surface area contributed by atoms with Crippen LogP contribution in [-0.4, -0.2) is 28.3 Å². The second-order valence-corrected chi connectivity index (χ2v) is 3.82. The third-order valence-electron chi connectivity index (χ3n) is 0.521. The molecule has 0 aliphatic carbocycles. The topological polar surface area (TPSA) is 0 Å². The summed E-state index contributed by atoms with van der Waals surface area (Å²) in [7, 11) is 0. The predicted octanol–water partition coefficient (Wildman–Crippen LogP) is 1.99. The van der Waals surface area contributed by atoms with Crippen LogP contribution in [-0.2, 0) is 0 Å². The molecule has 0 saturated heterocycles. The van der Waals surface area contributed by atoms with Crippen LogP contribution < -0.4 is 0 Å². The van der Waals surface area contributed by atoms with Crippen molar-refractivity contribution in [2.45, 2.75) is 5.25 Å². The van der Waals surface area contributed by atoms with E-state index in [1.165, 1.54) is 0 Å². The van der Waals surface area contributed by atoms with E-state index in [1.807, 2.05) is 0 Å². The molecule has 0 heterocycles. The molecule has 0 spiro atoms. The number of hydrogen-bond acceptors (Lipinski definition) is 5. The first-order valence-corrected chi connectivity index (χ1v) is 5.89. The van der Waals surface area contributed by atoms with Crippen molar-refractivity contribution in [3.05, 3.63) is 0 Å². The summed E-state index contributed by atoms with van der Waals surface area (Å²) in [5.74, 6) is 3.38. The minimum Gasteiger partial charge on any atom is -0.179 e. The van der Waals surface area contributed by atoms with Crippen molar-refractivity contribution in [3.8, 4) is 0 Å². The summed E-state index contributed by atoms with van der Waals surface area (Å²) in [5, 5.41) is 0.358. The molecule has 0 rings (SSSR count). The second kappa shape index (κ2) is 13.3. The fourth-order valence-electron chi connectivity index (χ4n) is 0.0577. The first kappa shape index (κ1) is 14.3. The van der Waals surface area contributed by atoms with Gasteiger partial charge in [-0.05, 0) is 11.5 Å². The van der Waals surface area contributed by atoms with Gasteiger partial charge in [-0.15, -0.1) is 0 Å². The quantitative estimate of drug-likeness (QED) is 0.453. The van der Waals surface area contributed by atoms with Crippen molar-refractivity contribution < 1.29 is 0 Å². The maximum atomic E-state index is 4.08. The highest BCUT2D eigenvalue weighted by atomic mass is 32.1. The summed E-state index contributed by atoms with van der Waals surface area (Å²) < 4.78 is 0. The van der Waals surface area contributed by atoms with Crippen molar-refractivity contribution in [2.24, 2.45) is 0 Å². The number of hydrogen-bond donors (Lipinski definition) is 5. The highest BCUT2D eigenvalue weighted by Gasteiger charge is 1.91. The smallest absolute Gasteiger partial charge is 0.0193 e. The normalized spacial score (nSPS) is 9.00. The van der Waals surface area contributed by atoms with Crippen LogP contribution in [0, 0.1) is 0 Å². The molecule has 0 saturated carbocycles. The van der Waals surface area contributed by atoms with Crippen LogP contribution in [0.4, 0.5) is 0 Å². The summed E-state index contributed by atoms with van der Waals surface area (Å²) >= 11 is 19.7. The first-order valence-electron chi connectivity index (χ1n) is 2.84. The first-order chi connectivity index (χ1) is 4.72. The fourth-order valence-corrected chi connectivity index (χ4v) is 0.520. The highest BCUT2D eigenvalue weighted by Crippen LogP contribution is 1.97. The molecule has 0 aliphatic rings. The molecule has 0 aromatic heterocycles. The minimum atomic E-state index is 0.358. The van der Waals surface area contributed by atoms with E-state index in [4.69, 9.17) is 0 Å².